The Morgan fingerprint density at radius 2 is 1.95 bits per heavy atom. The third-order valence-electron chi connectivity index (χ3n) is 8.01. The zero-order valence-corrected chi connectivity index (χ0v) is 23.5. The second-order valence-corrected chi connectivity index (χ2v) is 12.0. The van der Waals surface area contributed by atoms with Gasteiger partial charge in [-0.2, -0.15) is 5.10 Å². The maximum atomic E-state index is 13.0. The van der Waals surface area contributed by atoms with Gasteiger partial charge < -0.3 is 19.7 Å². The molecule has 5 heterocycles. The summed E-state index contributed by atoms with van der Waals surface area (Å²) in [4.78, 5) is 17.4. The Morgan fingerprint density at radius 1 is 1.12 bits per heavy atom. The topological polar surface area (TPSA) is 118 Å². The Bertz CT molecular complexity index is 1370. The summed E-state index contributed by atoms with van der Waals surface area (Å²) in [6.07, 6.45) is -0.404. The van der Waals surface area contributed by atoms with Crippen molar-refractivity contribution in [3.05, 3.63) is 48.2 Å². The lowest BCUT2D eigenvalue weighted by Gasteiger charge is -2.38. The van der Waals surface area contributed by atoms with Crippen LogP contribution in [0.1, 0.15) is 31.2 Å². The lowest BCUT2D eigenvalue weighted by atomic mass is 9.76. The number of amides is 1. The van der Waals surface area contributed by atoms with Crippen LogP contribution < -0.4 is 20.3 Å². The lowest BCUT2D eigenvalue weighted by molar-refractivity contribution is -0.274. The van der Waals surface area contributed by atoms with Crippen LogP contribution in [-0.2, 0) is 16.1 Å². The summed E-state index contributed by atoms with van der Waals surface area (Å²) in [6, 6.07) is 10.1. The molecule has 1 unspecified atom stereocenters. The standard InChI is InChI=1S/C27H31F3N8O3S/c28-27(29,30)41-20-4-1-3-18(13-20)15-37-11-7-26(8-12-37)14-21(40-17-26)23(39)33-25-36-35-24(42-25)32-19-6-10-38(16-19)22-5-2-9-31-34-22/h1-5,9,13,19,21H,6-8,10-12,14-17H2,(H,32,35)(H,33,36,39)/t19-,21?/m1/s1. The Kier molecular flexibility index (Phi) is 8.14. The molecule has 2 atom stereocenters. The Hall–Kier alpha value is -3.56. The van der Waals surface area contributed by atoms with Crippen LogP contribution in [0.4, 0.5) is 29.3 Å². The summed E-state index contributed by atoms with van der Waals surface area (Å²) in [5.74, 6) is 0.401. The first-order chi connectivity index (χ1) is 20.2. The molecule has 3 fully saturated rings. The quantitative estimate of drug-likeness (QED) is 0.392. The van der Waals surface area contributed by atoms with Crippen molar-refractivity contribution in [1.82, 2.24) is 25.3 Å². The maximum Gasteiger partial charge on any atom is 0.573 e. The van der Waals surface area contributed by atoms with Gasteiger partial charge in [0.05, 0.1) is 6.61 Å². The molecule has 1 amide bonds. The number of benzene rings is 1. The van der Waals surface area contributed by atoms with E-state index in [1.54, 1.807) is 18.3 Å². The van der Waals surface area contributed by atoms with Gasteiger partial charge >= 0.3 is 6.36 Å². The molecule has 11 nitrogen and oxygen atoms in total. The van der Waals surface area contributed by atoms with Crippen molar-refractivity contribution < 1.29 is 27.4 Å². The van der Waals surface area contributed by atoms with E-state index < -0.39 is 12.5 Å². The molecule has 3 saturated heterocycles. The van der Waals surface area contributed by atoms with Gasteiger partial charge in [-0.05, 0) is 74.0 Å². The highest BCUT2D eigenvalue weighted by atomic mass is 32.1. The second kappa shape index (κ2) is 12.0. The van der Waals surface area contributed by atoms with Crippen LogP contribution in [0.25, 0.3) is 0 Å². The fourth-order valence-electron chi connectivity index (χ4n) is 5.83. The first-order valence-corrected chi connectivity index (χ1v) is 14.7. The van der Waals surface area contributed by atoms with Crippen molar-refractivity contribution in [2.75, 3.05) is 48.3 Å². The molecule has 224 valence electrons. The van der Waals surface area contributed by atoms with E-state index in [1.807, 2.05) is 12.1 Å². The van der Waals surface area contributed by atoms with Crippen molar-refractivity contribution in [1.29, 1.82) is 0 Å². The first kappa shape index (κ1) is 28.6. The predicted molar refractivity (Wildman–Crippen MR) is 149 cm³/mol. The number of anilines is 3. The number of rotatable bonds is 8. The Balaban J connectivity index is 0.950. The molecule has 2 N–H and O–H groups in total. The van der Waals surface area contributed by atoms with Crippen LogP contribution in [0.5, 0.6) is 5.75 Å². The summed E-state index contributed by atoms with van der Waals surface area (Å²) >= 11 is 1.29. The molecular formula is C27H31F3N8O3S. The largest absolute Gasteiger partial charge is 0.573 e. The highest BCUT2D eigenvalue weighted by molar-refractivity contribution is 7.19. The second-order valence-electron chi connectivity index (χ2n) is 11.0. The fraction of sp³-hybridized carbons (Fsp3) is 0.519. The normalized spacial score (nSPS) is 22.4. The van der Waals surface area contributed by atoms with E-state index in [1.165, 1.54) is 23.5 Å². The van der Waals surface area contributed by atoms with E-state index in [0.717, 1.165) is 56.8 Å². The van der Waals surface area contributed by atoms with Gasteiger partial charge in [-0.25, -0.2) is 0 Å². The summed E-state index contributed by atoms with van der Waals surface area (Å²) in [6.45, 7) is 4.20. The first-order valence-electron chi connectivity index (χ1n) is 13.8. The van der Waals surface area contributed by atoms with Gasteiger partial charge in [0, 0.05) is 31.9 Å². The maximum absolute atomic E-state index is 13.0. The number of nitrogens with zero attached hydrogens (tertiary/aromatic N) is 6. The molecule has 1 spiro atoms. The molecule has 0 radical (unpaired) electrons. The van der Waals surface area contributed by atoms with Gasteiger partial charge in [0.25, 0.3) is 5.91 Å². The number of likely N-dealkylation sites (tertiary alicyclic amines) is 1. The fourth-order valence-corrected chi connectivity index (χ4v) is 6.55. The summed E-state index contributed by atoms with van der Waals surface area (Å²) < 4.78 is 47.7. The molecule has 0 aliphatic carbocycles. The summed E-state index contributed by atoms with van der Waals surface area (Å²) in [5, 5.41) is 23.7. The van der Waals surface area contributed by atoms with E-state index >= 15 is 0 Å². The van der Waals surface area contributed by atoms with E-state index in [9.17, 15) is 18.0 Å². The smallest absolute Gasteiger partial charge is 0.406 e. The monoisotopic (exact) mass is 604 g/mol. The number of alkyl halides is 3. The minimum Gasteiger partial charge on any atom is -0.406 e. The number of hydrogen-bond donors (Lipinski definition) is 2. The third kappa shape index (κ3) is 7.07. The SMILES string of the molecule is O=C(Nc1nnc(N[C@@H]2CCN(c3cccnn3)C2)s1)C1CC2(CCN(Cc3cccc(OC(F)(F)F)c3)CC2)CO1. The van der Waals surface area contributed by atoms with Crippen LogP contribution in [0, 0.1) is 5.41 Å². The van der Waals surface area contributed by atoms with Gasteiger partial charge in [-0.15, -0.1) is 28.5 Å². The van der Waals surface area contributed by atoms with Gasteiger partial charge in [-0.3, -0.25) is 15.0 Å². The van der Waals surface area contributed by atoms with E-state index in [4.69, 9.17) is 4.74 Å². The van der Waals surface area contributed by atoms with Crippen molar-refractivity contribution >= 4 is 33.3 Å². The van der Waals surface area contributed by atoms with Crippen LogP contribution in [-0.4, -0.2) is 82.5 Å². The van der Waals surface area contributed by atoms with Crippen LogP contribution in [0.2, 0.25) is 0 Å². The number of halogens is 3. The number of carbonyl (C=O) groups excluding carboxylic acids is 1. The number of nitrogens with one attached hydrogen (secondary N) is 2. The number of ether oxygens (including phenoxy) is 2. The molecule has 1 aromatic carbocycles. The molecule has 0 bridgehead atoms. The van der Waals surface area contributed by atoms with Crippen LogP contribution in [0.3, 0.4) is 0 Å². The molecular weight excluding hydrogens is 573 g/mol. The molecule has 3 aliphatic rings. The van der Waals surface area contributed by atoms with Gasteiger partial charge in [0.15, 0.2) is 5.82 Å². The van der Waals surface area contributed by atoms with Crippen molar-refractivity contribution in [3.8, 4) is 5.75 Å². The number of carbonyl (C=O) groups is 1. The number of hydrogen-bond acceptors (Lipinski definition) is 11. The molecule has 0 saturated carbocycles. The average molecular weight is 605 g/mol. The van der Waals surface area contributed by atoms with Crippen molar-refractivity contribution in [3.63, 3.8) is 0 Å². The van der Waals surface area contributed by atoms with Gasteiger partial charge in [-0.1, -0.05) is 23.5 Å². The molecule has 42 heavy (non-hydrogen) atoms. The molecule has 15 heteroatoms. The lowest BCUT2D eigenvalue weighted by Crippen LogP contribution is -2.40. The van der Waals surface area contributed by atoms with Crippen molar-refractivity contribution in [2.45, 2.75) is 50.7 Å². The van der Waals surface area contributed by atoms with Crippen molar-refractivity contribution in [2.24, 2.45) is 5.41 Å². The average Bonchev–Trinajstić information content (AvgIpc) is 3.71. The third-order valence-corrected chi connectivity index (χ3v) is 8.78. The van der Waals surface area contributed by atoms with Crippen LogP contribution in [0.15, 0.2) is 42.6 Å². The zero-order chi connectivity index (χ0) is 29.2. The summed E-state index contributed by atoms with van der Waals surface area (Å²) in [7, 11) is 0. The van der Waals surface area contributed by atoms with E-state index in [-0.39, 0.29) is 23.1 Å². The molecule has 2 aromatic heterocycles. The number of aromatic nitrogens is 4. The highest BCUT2D eigenvalue weighted by Gasteiger charge is 2.45. The van der Waals surface area contributed by atoms with E-state index in [2.05, 4.69) is 45.6 Å². The summed E-state index contributed by atoms with van der Waals surface area (Å²) in [5.41, 5.74) is 0.666. The Morgan fingerprint density at radius 3 is 2.74 bits per heavy atom. The van der Waals surface area contributed by atoms with Gasteiger partial charge in [0.2, 0.25) is 10.3 Å². The zero-order valence-electron chi connectivity index (χ0n) is 22.7. The van der Waals surface area contributed by atoms with E-state index in [0.29, 0.717) is 29.8 Å². The molecule has 3 aromatic rings. The minimum atomic E-state index is -4.71. The highest BCUT2D eigenvalue weighted by Crippen LogP contribution is 2.42. The number of piperidine rings is 1. The minimum absolute atomic E-state index is 0.0922. The van der Waals surface area contributed by atoms with Gasteiger partial charge in [0.1, 0.15) is 11.9 Å². The Labute approximate surface area is 244 Å². The molecule has 6 rings (SSSR count). The van der Waals surface area contributed by atoms with Crippen LogP contribution >= 0.6 is 11.3 Å². The predicted octanol–water partition coefficient (Wildman–Crippen LogP) is 3.93. The molecule has 3 aliphatic heterocycles.